The predicted octanol–water partition coefficient (Wildman–Crippen LogP) is 3.00. The quantitative estimate of drug-likeness (QED) is 0.752. The van der Waals surface area contributed by atoms with E-state index < -0.39 is 5.60 Å². The third-order valence-corrected chi connectivity index (χ3v) is 5.78. The van der Waals surface area contributed by atoms with Gasteiger partial charge >= 0.3 is 6.03 Å². The van der Waals surface area contributed by atoms with Crippen molar-refractivity contribution in [2.45, 2.75) is 38.3 Å². The van der Waals surface area contributed by atoms with Gasteiger partial charge in [0.25, 0.3) is 0 Å². The fourth-order valence-electron chi connectivity index (χ4n) is 2.40. The molecule has 2 atom stereocenters. The molecular weight excluding hydrogens is 304 g/mol. The number of carbonyl (C=O) groups excluding carboxylic acids is 1. The Morgan fingerprint density at radius 1 is 1.52 bits per heavy atom. The normalized spacial score (nSPS) is 23.2. The second-order valence-electron chi connectivity index (χ2n) is 6.05. The molecule has 1 aliphatic rings. The summed E-state index contributed by atoms with van der Waals surface area (Å²) in [5, 5.41) is 18.1. The zero-order chi connectivity index (χ0) is 15.3. The highest BCUT2D eigenvalue weighted by Gasteiger charge is 2.32. The molecular formula is C15H24N2O2S2. The van der Waals surface area contributed by atoms with E-state index in [1.165, 1.54) is 4.88 Å². The van der Waals surface area contributed by atoms with E-state index >= 15 is 0 Å². The summed E-state index contributed by atoms with van der Waals surface area (Å²) in [7, 11) is 0. The molecule has 0 bridgehead atoms. The van der Waals surface area contributed by atoms with Crippen LogP contribution in [0.15, 0.2) is 17.5 Å². The summed E-state index contributed by atoms with van der Waals surface area (Å²) in [6.45, 7) is 4.63. The Kier molecular flexibility index (Phi) is 5.96. The first-order valence-corrected chi connectivity index (χ1v) is 9.40. The van der Waals surface area contributed by atoms with E-state index in [1.807, 2.05) is 11.4 Å². The lowest BCUT2D eigenvalue weighted by atomic mass is 10.0. The molecule has 0 spiro atoms. The van der Waals surface area contributed by atoms with Crippen LogP contribution in [0.3, 0.4) is 0 Å². The minimum Gasteiger partial charge on any atom is -0.387 e. The van der Waals surface area contributed by atoms with E-state index in [9.17, 15) is 9.90 Å². The Morgan fingerprint density at radius 3 is 2.90 bits per heavy atom. The van der Waals surface area contributed by atoms with Crippen molar-refractivity contribution < 1.29 is 9.90 Å². The first-order valence-electron chi connectivity index (χ1n) is 7.36. The SMILES string of the molecule is CC(C)CC(NC(=O)NCC1(O)CCSC1)c1cccs1. The summed E-state index contributed by atoms with van der Waals surface area (Å²) in [5.41, 5.74) is -0.738. The van der Waals surface area contributed by atoms with Gasteiger partial charge < -0.3 is 15.7 Å². The summed E-state index contributed by atoms with van der Waals surface area (Å²) in [5.74, 6) is 2.17. The fraction of sp³-hybridized carbons (Fsp3) is 0.667. The van der Waals surface area contributed by atoms with Gasteiger partial charge in [0.05, 0.1) is 11.6 Å². The van der Waals surface area contributed by atoms with Crippen molar-refractivity contribution in [3.05, 3.63) is 22.4 Å². The topological polar surface area (TPSA) is 61.4 Å². The van der Waals surface area contributed by atoms with Crippen molar-refractivity contribution in [1.29, 1.82) is 0 Å². The minimum atomic E-state index is -0.738. The zero-order valence-corrected chi connectivity index (χ0v) is 14.2. The monoisotopic (exact) mass is 328 g/mol. The summed E-state index contributed by atoms with van der Waals surface area (Å²) < 4.78 is 0. The third-order valence-electron chi connectivity index (χ3n) is 3.56. The summed E-state index contributed by atoms with van der Waals surface area (Å²) in [6, 6.07) is 3.90. The van der Waals surface area contributed by atoms with Crippen LogP contribution in [-0.2, 0) is 0 Å². The molecule has 1 aromatic rings. The second kappa shape index (κ2) is 7.51. The minimum absolute atomic E-state index is 0.0394. The first kappa shape index (κ1) is 16.6. The van der Waals surface area contributed by atoms with Crippen LogP contribution in [0.25, 0.3) is 0 Å². The van der Waals surface area contributed by atoms with Gasteiger partial charge in [0, 0.05) is 17.2 Å². The fourth-order valence-corrected chi connectivity index (χ4v) is 4.48. The number of aliphatic hydroxyl groups is 1. The van der Waals surface area contributed by atoms with E-state index in [2.05, 4.69) is 30.5 Å². The number of amides is 2. The molecule has 4 nitrogen and oxygen atoms in total. The molecule has 1 aliphatic heterocycles. The Hall–Kier alpha value is -0.720. The number of nitrogens with one attached hydrogen (secondary N) is 2. The van der Waals surface area contributed by atoms with Crippen molar-refractivity contribution in [3.8, 4) is 0 Å². The van der Waals surface area contributed by atoms with Gasteiger partial charge in [0.1, 0.15) is 0 Å². The number of rotatable bonds is 6. The van der Waals surface area contributed by atoms with Crippen molar-refractivity contribution >= 4 is 29.1 Å². The van der Waals surface area contributed by atoms with Crippen LogP contribution >= 0.6 is 23.1 Å². The Morgan fingerprint density at radius 2 is 2.33 bits per heavy atom. The molecule has 1 aromatic heterocycles. The van der Waals surface area contributed by atoms with Gasteiger partial charge in [-0.2, -0.15) is 11.8 Å². The van der Waals surface area contributed by atoms with Gasteiger partial charge in [-0.15, -0.1) is 11.3 Å². The van der Waals surface area contributed by atoms with Crippen LogP contribution in [0.5, 0.6) is 0 Å². The highest BCUT2D eigenvalue weighted by Crippen LogP contribution is 2.27. The van der Waals surface area contributed by atoms with E-state index in [0.29, 0.717) is 18.2 Å². The van der Waals surface area contributed by atoms with E-state index in [4.69, 9.17) is 0 Å². The molecule has 2 amide bonds. The maximum Gasteiger partial charge on any atom is 0.315 e. The van der Waals surface area contributed by atoms with Gasteiger partial charge in [-0.3, -0.25) is 0 Å². The Labute approximate surface area is 134 Å². The number of thioether (sulfide) groups is 1. The first-order chi connectivity index (χ1) is 9.98. The molecule has 6 heteroatoms. The number of hydrogen-bond donors (Lipinski definition) is 3. The summed E-state index contributed by atoms with van der Waals surface area (Å²) >= 11 is 3.40. The Balaban J connectivity index is 1.86. The molecule has 0 aliphatic carbocycles. The predicted molar refractivity (Wildman–Crippen MR) is 89.9 cm³/mol. The second-order valence-corrected chi connectivity index (χ2v) is 8.14. The highest BCUT2D eigenvalue weighted by molar-refractivity contribution is 7.99. The van der Waals surface area contributed by atoms with Gasteiger partial charge in [-0.05, 0) is 36.0 Å². The van der Waals surface area contributed by atoms with Gasteiger partial charge in [-0.25, -0.2) is 4.79 Å². The number of carbonyl (C=O) groups is 1. The maximum atomic E-state index is 12.1. The van der Waals surface area contributed by atoms with E-state index in [0.717, 1.165) is 18.6 Å². The van der Waals surface area contributed by atoms with Crippen LogP contribution in [0.1, 0.15) is 37.6 Å². The highest BCUT2D eigenvalue weighted by atomic mass is 32.2. The van der Waals surface area contributed by atoms with E-state index in [-0.39, 0.29) is 12.1 Å². The van der Waals surface area contributed by atoms with Gasteiger partial charge in [0.15, 0.2) is 0 Å². The molecule has 21 heavy (non-hydrogen) atoms. The smallest absolute Gasteiger partial charge is 0.315 e. The van der Waals surface area contributed by atoms with Crippen LogP contribution < -0.4 is 10.6 Å². The lowest BCUT2D eigenvalue weighted by Gasteiger charge is -2.24. The molecule has 0 saturated carbocycles. The van der Waals surface area contributed by atoms with Gasteiger partial charge in [0.2, 0.25) is 0 Å². The average Bonchev–Trinajstić information content (AvgIpc) is 3.07. The molecule has 2 heterocycles. The molecule has 0 radical (unpaired) electrons. The average molecular weight is 329 g/mol. The lowest BCUT2D eigenvalue weighted by molar-refractivity contribution is 0.0698. The third kappa shape index (κ3) is 5.20. The zero-order valence-electron chi connectivity index (χ0n) is 12.6. The largest absolute Gasteiger partial charge is 0.387 e. The van der Waals surface area contributed by atoms with Crippen molar-refractivity contribution in [2.24, 2.45) is 5.92 Å². The van der Waals surface area contributed by atoms with Crippen LogP contribution in [0.4, 0.5) is 4.79 Å². The van der Waals surface area contributed by atoms with Crippen LogP contribution in [-0.4, -0.2) is 34.8 Å². The molecule has 1 fully saturated rings. The number of thiophene rings is 1. The van der Waals surface area contributed by atoms with Crippen molar-refractivity contribution in [2.75, 3.05) is 18.1 Å². The maximum absolute atomic E-state index is 12.1. The standard InChI is InChI=1S/C15H24N2O2S2/c1-11(2)8-12(13-4-3-6-21-13)17-14(18)16-9-15(19)5-7-20-10-15/h3-4,6,11-12,19H,5,7-10H2,1-2H3,(H2,16,17,18). The number of urea groups is 1. The van der Waals surface area contributed by atoms with Crippen LogP contribution in [0, 0.1) is 5.92 Å². The molecule has 2 rings (SSSR count). The van der Waals surface area contributed by atoms with Gasteiger partial charge in [-0.1, -0.05) is 19.9 Å². The molecule has 2 unspecified atom stereocenters. The Bertz CT molecular complexity index is 443. The molecule has 0 aromatic carbocycles. The lowest BCUT2D eigenvalue weighted by Crippen LogP contribution is -2.47. The molecule has 118 valence electrons. The summed E-state index contributed by atoms with van der Waals surface area (Å²) in [6.07, 6.45) is 1.66. The van der Waals surface area contributed by atoms with Crippen molar-refractivity contribution in [3.63, 3.8) is 0 Å². The summed E-state index contributed by atoms with van der Waals surface area (Å²) in [4.78, 5) is 13.3. The van der Waals surface area contributed by atoms with Crippen molar-refractivity contribution in [1.82, 2.24) is 10.6 Å². The molecule has 3 N–H and O–H groups in total. The van der Waals surface area contributed by atoms with E-state index in [1.54, 1.807) is 23.1 Å². The number of hydrogen-bond acceptors (Lipinski definition) is 4. The molecule has 1 saturated heterocycles. The van der Waals surface area contributed by atoms with Crippen LogP contribution in [0.2, 0.25) is 0 Å².